The van der Waals surface area contributed by atoms with Gasteiger partial charge in [-0.1, -0.05) is 20.8 Å². The molecule has 1 rings (SSSR count). The van der Waals surface area contributed by atoms with E-state index in [2.05, 4.69) is 45.1 Å². The molecule has 1 atom stereocenters. The topological polar surface area (TPSA) is 21.3 Å². The minimum absolute atomic E-state index is 0.265. The van der Waals surface area contributed by atoms with E-state index in [0.717, 1.165) is 13.2 Å². The summed E-state index contributed by atoms with van der Waals surface area (Å²) in [5, 5.41) is 3.45. The van der Waals surface area contributed by atoms with E-state index in [9.17, 15) is 0 Å². The highest BCUT2D eigenvalue weighted by molar-refractivity contribution is 7.12. The Labute approximate surface area is 103 Å². The summed E-state index contributed by atoms with van der Waals surface area (Å²) in [5.74, 6) is 0. The van der Waals surface area contributed by atoms with Crippen LogP contribution in [0.5, 0.6) is 0 Å². The van der Waals surface area contributed by atoms with Gasteiger partial charge >= 0.3 is 0 Å². The predicted molar refractivity (Wildman–Crippen MR) is 71.2 cm³/mol. The Bertz CT molecular complexity index is 314. The first-order valence-electron chi connectivity index (χ1n) is 5.75. The van der Waals surface area contributed by atoms with Crippen LogP contribution in [0.25, 0.3) is 0 Å². The van der Waals surface area contributed by atoms with Crippen molar-refractivity contribution >= 4 is 11.3 Å². The van der Waals surface area contributed by atoms with Crippen LogP contribution in [0, 0.1) is 0 Å². The molecule has 0 aromatic carbocycles. The molecule has 0 saturated carbocycles. The standard InChI is InChI=1S/C13H23NOS/c1-10(9-15-5)14-8-11-6-7-12(16-11)13(2,3)4/h6-7,10,14H,8-9H2,1-5H3. The largest absolute Gasteiger partial charge is 0.383 e. The van der Waals surface area contributed by atoms with Crippen LogP contribution < -0.4 is 5.32 Å². The molecule has 0 spiro atoms. The maximum atomic E-state index is 5.09. The SMILES string of the molecule is COCC(C)NCc1ccc(C(C)(C)C)s1. The first-order valence-corrected chi connectivity index (χ1v) is 6.56. The fourth-order valence-electron chi connectivity index (χ4n) is 1.46. The number of hydrogen-bond acceptors (Lipinski definition) is 3. The van der Waals surface area contributed by atoms with E-state index in [1.54, 1.807) is 7.11 Å². The minimum atomic E-state index is 0.265. The molecular weight excluding hydrogens is 218 g/mol. The van der Waals surface area contributed by atoms with E-state index in [1.807, 2.05) is 11.3 Å². The normalized spacial score (nSPS) is 14.1. The molecule has 2 nitrogen and oxygen atoms in total. The second-order valence-corrected chi connectivity index (χ2v) is 6.42. The zero-order chi connectivity index (χ0) is 12.2. The maximum Gasteiger partial charge on any atom is 0.0613 e. The molecule has 0 radical (unpaired) electrons. The zero-order valence-electron chi connectivity index (χ0n) is 11.0. The van der Waals surface area contributed by atoms with Gasteiger partial charge in [0.2, 0.25) is 0 Å². The monoisotopic (exact) mass is 241 g/mol. The third-order valence-corrected chi connectivity index (χ3v) is 3.95. The summed E-state index contributed by atoms with van der Waals surface area (Å²) >= 11 is 1.90. The van der Waals surface area contributed by atoms with Crippen LogP contribution in [-0.4, -0.2) is 19.8 Å². The predicted octanol–water partition coefficient (Wildman–Crippen LogP) is 3.17. The van der Waals surface area contributed by atoms with Crippen LogP contribution in [-0.2, 0) is 16.7 Å². The molecule has 0 amide bonds. The number of nitrogens with one attached hydrogen (secondary N) is 1. The lowest BCUT2D eigenvalue weighted by molar-refractivity contribution is 0.172. The highest BCUT2D eigenvalue weighted by atomic mass is 32.1. The van der Waals surface area contributed by atoms with Crippen LogP contribution in [0.4, 0.5) is 0 Å². The van der Waals surface area contributed by atoms with Crippen molar-refractivity contribution in [3.8, 4) is 0 Å². The van der Waals surface area contributed by atoms with Gasteiger partial charge in [0.15, 0.2) is 0 Å². The highest BCUT2D eigenvalue weighted by Gasteiger charge is 2.15. The molecule has 1 aromatic rings. The van der Waals surface area contributed by atoms with Crippen LogP contribution in [0.15, 0.2) is 12.1 Å². The van der Waals surface area contributed by atoms with Gasteiger partial charge in [-0.3, -0.25) is 0 Å². The first kappa shape index (κ1) is 13.7. The van der Waals surface area contributed by atoms with Crippen molar-refractivity contribution in [1.82, 2.24) is 5.32 Å². The Morgan fingerprint density at radius 2 is 2.06 bits per heavy atom. The molecule has 1 N–H and O–H groups in total. The van der Waals surface area contributed by atoms with Gasteiger partial charge in [0.25, 0.3) is 0 Å². The summed E-state index contributed by atoms with van der Waals surface area (Å²) in [5.41, 5.74) is 0.265. The summed E-state index contributed by atoms with van der Waals surface area (Å²) in [6, 6.07) is 4.87. The summed E-state index contributed by atoms with van der Waals surface area (Å²) < 4.78 is 5.09. The van der Waals surface area contributed by atoms with E-state index in [-0.39, 0.29) is 5.41 Å². The zero-order valence-corrected chi connectivity index (χ0v) is 11.8. The Balaban J connectivity index is 2.47. The number of hydrogen-bond donors (Lipinski definition) is 1. The van der Waals surface area contributed by atoms with Crippen molar-refractivity contribution in [2.24, 2.45) is 0 Å². The third kappa shape index (κ3) is 4.24. The van der Waals surface area contributed by atoms with E-state index in [0.29, 0.717) is 6.04 Å². The molecule has 0 aliphatic heterocycles. The van der Waals surface area contributed by atoms with Gasteiger partial charge in [-0.15, -0.1) is 11.3 Å². The molecular formula is C13H23NOS. The van der Waals surface area contributed by atoms with Gasteiger partial charge in [-0.25, -0.2) is 0 Å². The smallest absolute Gasteiger partial charge is 0.0613 e. The van der Waals surface area contributed by atoms with E-state index in [1.165, 1.54) is 9.75 Å². The molecule has 0 aliphatic rings. The van der Waals surface area contributed by atoms with Gasteiger partial charge < -0.3 is 10.1 Å². The first-order chi connectivity index (χ1) is 7.43. The fourth-order valence-corrected chi connectivity index (χ4v) is 2.48. The summed E-state index contributed by atoms with van der Waals surface area (Å²) in [7, 11) is 1.74. The number of rotatable bonds is 5. The lowest BCUT2D eigenvalue weighted by Crippen LogP contribution is -2.29. The molecule has 16 heavy (non-hydrogen) atoms. The number of thiophene rings is 1. The highest BCUT2D eigenvalue weighted by Crippen LogP contribution is 2.29. The van der Waals surface area contributed by atoms with Gasteiger partial charge in [0.05, 0.1) is 6.61 Å². The van der Waals surface area contributed by atoms with Crippen LogP contribution in [0.3, 0.4) is 0 Å². The molecule has 3 heteroatoms. The fraction of sp³-hybridized carbons (Fsp3) is 0.692. The Kier molecular flexibility index (Phi) is 4.96. The van der Waals surface area contributed by atoms with Crippen molar-refractivity contribution in [1.29, 1.82) is 0 Å². The quantitative estimate of drug-likeness (QED) is 0.855. The average Bonchev–Trinajstić information content (AvgIpc) is 2.63. The lowest BCUT2D eigenvalue weighted by atomic mass is 9.95. The minimum Gasteiger partial charge on any atom is -0.383 e. The number of ether oxygens (including phenoxy) is 1. The average molecular weight is 241 g/mol. The summed E-state index contributed by atoms with van der Waals surface area (Å²) in [6.45, 7) is 10.6. The van der Waals surface area contributed by atoms with E-state index < -0.39 is 0 Å². The molecule has 0 bridgehead atoms. The maximum absolute atomic E-state index is 5.09. The van der Waals surface area contributed by atoms with Crippen LogP contribution in [0.2, 0.25) is 0 Å². The molecule has 92 valence electrons. The lowest BCUT2D eigenvalue weighted by Gasteiger charge is -2.15. The van der Waals surface area contributed by atoms with E-state index >= 15 is 0 Å². The van der Waals surface area contributed by atoms with Gasteiger partial charge in [0, 0.05) is 29.5 Å². The second-order valence-electron chi connectivity index (χ2n) is 5.25. The molecule has 1 unspecified atom stereocenters. The van der Waals surface area contributed by atoms with Gasteiger partial charge in [-0.2, -0.15) is 0 Å². The Hall–Kier alpha value is -0.380. The van der Waals surface area contributed by atoms with Crippen LogP contribution >= 0.6 is 11.3 Å². The molecule has 0 saturated heterocycles. The van der Waals surface area contributed by atoms with Gasteiger partial charge in [0.1, 0.15) is 0 Å². The molecule has 0 aliphatic carbocycles. The molecule has 1 heterocycles. The van der Waals surface area contributed by atoms with Crippen molar-refractivity contribution in [2.45, 2.75) is 45.7 Å². The van der Waals surface area contributed by atoms with Crippen molar-refractivity contribution in [3.05, 3.63) is 21.9 Å². The van der Waals surface area contributed by atoms with E-state index in [4.69, 9.17) is 4.74 Å². The molecule has 1 aromatic heterocycles. The van der Waals surface area contributed by atoms with Crippen molar-refractivity contribution < 1.29 is 4.74 Å². The third-order valence-electron chi connectivity index (χ3n) is 2.44. The van der Waals surface area contributed by atoms with Crippen LogP contribution in [0.1, 0.15) is 37.4 Å². The Morgan fingerprint density at radius 3 is 2.56 bits per heavy atom. The number of methoxy groups -OCH3 is 1. The summed E-state index contributed by atoms with van der Waals surface area (Å²) in [6.07, 6.45) is 0. The summed E-state index contributed by atoms with van der Waals surface area (Å²) in [4.78, 5) is 2.84. The van der Waals surface area contributed by atoms with Gasteiger partial charge in [-0.05, 0) is 24.5 Å². The Morgan fingerprint density at radius 1 is 1.38 bits per heavy atom. The molecule has 0 fully saturated rings. The van der Waals surface area contributed by atoms with Crippen molar-refractivity contribution in [3.63, 3.8) is 0 Å². The second kappa shape index (κ2) is 5.80. The van der Waals surface area contributed by atoms with Crippen molar-refractivity contribution in [2.75, 3.05) is 13.7 Å².